The van der Waals surface area contributed by atoms with Crippen molar-refractivity contribution in [1.29, 1.82) is 0 Å². The van der Waals surface area contributed by atoms with Gasteiger partial charge in [-0.15, -0.1) is 0 Å². The normalized spacial score (nSPS) is 11.2. The van der Waals surface area contributed by atoms with Crippen LogP contribution >= 0.6 is 11.6 Å². The standard InChI is InChI=1S/C23H18ClN5/c1-15-6-9-17(25-13-15)12-22-26-21(14-29(22)18-10-7-16(24)8-11-18)23-27-19-4-2-3-5-20(19)28-23/h2-11,13-14H,12H2,1H3,(H,27,28). The van der Waals surface area contributed by atoms with Crippen molar-refractivity contribution in [3.8, 4) is 17.2 Å². The third-order valence-electron chi connectivity index (χ3n) is 4.83. The Bertz CT molecular complexity index is 1250. The largest absolute Gasteiger partial charge is 0.337 e. The van der Waals surface area contributed by atoms with Gasteiger partial charge in [-0.05, 0) is 55.0 Å². The first-order valence-corrected chi connectivity index (χ1v) is 9.74. The molecule has 0 aliphatic carbocycles. The number of nitrogens with one attached hydrogen (secondary N) is 1. The summed E-state index contributed by atoms with van der Waals surface area (Å²) < 4.78 is 2.07. The van der Waals surface area contributed by atoms with E-state index in [0.717, 1.165) is 45.3 Å². The number of hydrogen-bond acceptors (Lipinski definition) is 3. The van der Waals surface area contributed by atoms with Gasteiger partial charge >= 0.3 is 0 Å². The molecule has 6 heteroatoms. The molecule has 2 aromatic carbocycles. The van der Waals surface area contributed by atoms with E-state index in [1.165, 1.54) is 0 Å². The predicted octanol–water partition coefficient (Wildman–Crippen LogP) is 5.36. The quantitative estimate of drug-likeness (QED) is 0.442. The number of fused-ring (bicyclic) bond motifs is 1. The first-order chi connectivity index (χ1) is 14.2. The molecule has 0 bridgehead atoms. The van der Waals surface area contributed by atoms with E-state index < -0.39 is 0 Å². The molecule has 5 nitrogen and oxygen atoms in total. The highest BCUT2D eigenvalue weighted by atomic mass is 35.5. The van der Waals surface area contributed by atoms with Crippen LogP contribution in [0.5, 0.6) is 0 Å². The van der Waals surface area contributed by atoms with E-state index in [0.29, 0.717) is 11.4 Å². The molecule has 0 saturated heterocycles. The molecule has 0 spiro atoms. The molecule has 3 heterocycles. The second kappa shape index (κ2) is 7.18. The molecule has 0 unspecified atom stereocenters. The minimum absolute atomic E-state index is 0.614. The first kappa shape index (κ1) is 17.6. The number of H-pyrrole nitrogens is 1. The van der Waals surface area contributed by atoms with Crippen LogP contribution in [0.4, 0.5) is 0 Å². The molecule has 0 fully saturated rings. The summed E-state index contributed by atoms with van der Waals surface area (Å²) in [4.78, 5) is 17.5. The van der Waals surface area contributed by atoms with Gasteiger partial charge in [0.15, 0.2) is 5.82 Å². The Morgan fingerprint density at radius 3 is 2.55 bits per heavy atom. The Balaban J connectivity index is 1.61. The van der Waals surface area contributed by atoms with Gasteiger partial charge in [-0.1, -0.05) is 29.8 Å². The summed E-state index contributed by atoms with van der Waals surface area (Å²) in [5.41, 5.74) is 5.80. The number of nitrogens with zero attached hydrogens (tertiary/aromatic N) is 4. The van der Waals surface area contributed by atoms with E-state index in [2.05, 4.69) is 20.6 Å². The number of halogens is 1. The second-order valence-corrected chi connectivity index (χ2v) is 7.43. The van der Waals surface area contributed by atoms with E-state index in [1.807, 2.05) is 73.9 Å². The predicted molar refractivity (Wildman–Crippen MR) is 115 cm³/mol. The fraction of sp³-hybridized carbons (Fsp3) is 0.0870. The highest BCUT2D eigenvalue weighted by Gasteiger charge is 2.15. The molecular formula is C23H18ClN5. The van der Waals surface area contributed by atoms with E-state index in [4.69, 9.17) is 21.6 Å². The highest BCUT2D eigenvalue weighted by molar-refractivity contribution is 6.30. The molecule has 0 atom stereocenters. The average Bonchev–Trinajstić information content (AvgIpc) is 3.34. The van der Waals surface area contributed by atoms with Crippen LogP contribution in [0.2, 0.25) is 5.02 Å². The maximum absolute atomic E-state index is 6.08. The summed E-state index contributed by atoms with van der Waals surface area (Å²) >= 11 is 6.08. The van der Waals surface area contributed by atoms with Crippen molar-refractivity contribution in [1.82, 2.24) is 24.5 Å². The van der Waals surface area contributed by atoms with Crippen molar-refractivity contribution >= 4 is 22.6 Å². The van der Waals surface area contributed by atoms with Crippen LogP contribution in [-0.2, 0) is 6.42 Å². The first-order valence-electron chi connectivity index (χ1n) is 9.36. The van der Waals surface area contributed by atoms with Gasteiger partial charge < -0.3 is 9.55 Å². The summed E-state index contributed by atoms with van der Waals surface area (Å²) in [6.07, 6.45) is 4.50. The summed E-state index contributed by atoms with van der Waals surface area (Å²) in [5.74, 6) is 1.64. The number of imidazole rings is 2. The maximum Gasteiger partial charge on any atom is 0.158 e. The monoisotopic (exact) mass is 399 g/mol. The van der Waals surface area contributed by atoms with E-state index >= 15 is 0 Å². The van der Waals surface area contributed by atoms with Crippen molar-refractivity contribution < 1.29 is 0 Å². The minimum atomic E-state index is 0.614. The molecule has 0 saturated carbocycles. The molecule has 0 aliphatic rings. The molecule has 0 amide bonds. The van der Waals surface area contributed by atoms with Crippen LogP contribution in [0.1, 0.15) is 17.1 Å². The molecule has 0 aliphatic heterocycles. The van der Waals surface area contributed by atoms with Crippen molar-refractivity contribution in [3.05, 3.63) is 95.2 Å². The van der Waals surface area contributed by atoms with Gasteiger partial charge in [0, 0.05) is 35.2 Å². The van der Waals surface area contributed by atoms with E-state index in [9.17, 15) is 0 Å². The fourth-order valence-electron chi connectivity index (χ4n) is 3.32. The molecular weight excluding hydrogens is 382 g/mol. The SMILES string of the molecule is Cc1ccc(Cc2nc(-c3nc4ccccc4[nH]3)cn2-c2ccc(Cl)cc2)nc1. The zero-order chi connectivity index (χ0) is 19.8. The van der Waals surface area contributed by atoms with Crippen LogP contribution in [-0.4, -0.2) is 24.5 Å². The zero-order valence-corrected chi connectivity index (χ0v) is 16.6. The van der Waals surface area contributed by atoms with Crippen LogP contribution in [0.25, 0.3) is 28.2 Å². The summed E-state index contributed by atoms with van der Waals surface area (Å²) in [6.45, 7) is 2.03. The van der Waals surface area contributed by atoms with Crippen LogP contribution in [0.3, 0.4) is 0 Å². The molecule has 5 rings (SSSR count). The number of aromatic amines is 1. The number of benzene rings is 2. The zero-order valence-electron chi connectivity index (χ0n) is 15.8. The third-order valence-corrected chi connectivity index (χ3v) is 5.08. The van der Waals surface area contributed by atoms with Gasteiger partial charge in [-0.2, -0.15) is 0 Å². The lowest BCUT2D eigenvalue weighted by atomic mass is 10.2. The van der Waals surface area contributed by atoms with Gasteiger partial charge in [0.2, 0.25) is 0 Å². The van der Waals surface area contributed by atoms with Crippen molar-refractivity contribution in [2.24, 2.45) is 0 Å². The molecule has 5 aromatic rings. The Kier molecular flexibility index (Phi) is 4.37. The Labute approximate surface area is 173 Å². The number of aryl methyl sites for hydroxylation is 1. The number of rotatable bonds is 4. The van der Waals surface area contributed by atoms with Gasteiger partial charge in [0.05, 0.1) is 11.0 Å². The van der Waals surface area contributed by atoms with Crippen molar-refractivity contribution in [2.75, 3.05) is 0 Å². The summed E-state index contributed by atoms with van der Waals surface area (Å²) in [6, 6.07) is 19.8. The second-order valence-electron chi connectivity index (χ2n) is 7.00. The lowest BCUT2D eigenvalue weighted by Gasteiger charge is -2.08. The molecule has 0 radical (unpaired) electrons. The van der Waals surface area contributed by atoms with Gasteiger partial charge in [0.25, 0.3) is 0 Å². The van der Waals surface area contributed by atoms with Crippen LogP contribution in [0.15, 0.2) is 73.1 Å². The Morgan fingerprint density at radius 1 is 0.966 bits per heavy atom. The van der Waals surface area contributed by atoms with Crippen molar-refractivity contribution in [2.45, 2.75) is 13.3 Å². The van der Waals surface area contributed by atoms with Crippen molar-refractivity contribution in [3.63, 3.8) is 0 Å². The van der Waals surface area contributed by atoms with E-state index in [1.54, 1.807) is 0 Å². The highest BCUT2D eigenvalue weighted by Crippen LogP contribution is 2.24. The average molecular weight is 400 g/mol. The summed E-state index contributed by atoms with van der Waals surface area (Å²) in [7, 11) is 0. The van der Waals surface area contributed by atoms with E-state index in [-0.39, 0.29) is 0 Å². The Morgan fingerprint density at radius 2 is 1.79 bits per heavy atom. The lowest BCUT2D eigenvalue weighted by molar-refractivity contribution is 0.891. The Hall–Kier alpha value is -3.44. The number of aromatic nitrogens is 5. The molecule has 142 valence electrons. The smallest absolute Gasteiger partial charge is 0.158 e. The lowest BCUT2D eigenvalue weighted by Crippen LogP contribution is -2.02. The van der Waals surface area contributed by atoms with Gasteiger partial charge in [-0.3, -0.25) is 4.98 Å². The van der Waals surface area contributed by atoms with Crippen LogP contribution < -0.4 is 0 Å². The third kappa shape index (κ3) is 3.52. The number of para-hydroxylation sites is 2. The van der Waals surface area contributed by atoms with Crippen LogP contribution in [0, 0.1) is 6.92 Å². The topological polar surface area (TPSA) is 59.4 Å². The number of hydrogen-bond donors (Lipinski definition) is 1. The fourth-order valence-corrected chi connectivity index (χ4v) is 3.45. The minimum Gasteiger partial charge on any atom is -0.337 e. The maximum atomic E-state index is 6.08. The van der Waals surface area contributed by atoms with Gasteiger partial charge in [0.1, 0.15) is 11.5 Å². The molecule has 1 N–H and O–H groups in total. The summed E-state index contributed by atoms with van der Waals surface area (Å²) in [5, 5.41) is 0.702. The molecule has 29 heavy (non-hydrogen) atoms. The molecule has 3 aromatic heterocycles. The van der Waals surface area contributed by atoms with Gasteiger partial charge in [-0.25, -0.2) is 9.97 Å². The number of pyridine rings is 1.